The lowest BCUT2D eigenvalue weighted by molar-refractivity contribution is -0.142. The third kappa shape index (κ3) is 1.74. The van der Waals surface area contributed by atoms with Crippen molar-refractivity contribution in [2.75, 3.05) is 5.73 Å². The van der Waals surface area contributed by atoms with E-state index >= 15 is 0 Å². The van der Waals surface area contributed by atoms with Crippen molar-refractivity contribution < 1.29 is 9.90 Å². The van der Waals surface area contributed by atoms with Gasteiger partial charge in [0.05, 0.1) is 18.1 Å². The van der Waals surface area contributed by atoms with Gasteiger partial charge in [0.15, 0.2) is 0 Å². The number of carboxylic acids is 1. The lowest BCUT2D eigenvalue weighted by atomic mass is 9.93. The summed E-state index contributed by atoms with van der Waals surface area (Å²) >= 11 is 0. The summed E-state index contributed by atoms with van der Waals surface area (Å²) in [5.74, 6) is -0.702. The summed E-state index contributed by atoms with van der Waals surface area (Å²) < 4.78 is 0. The minimum atomic E-state index is -1.08. The summed E-state index contributed by atoms with van der Waals surface area (Å²) in [6.07, 6.45) is 2.79. The van der Waals surface area contributed by atoms with Crippen molar-refractivity contribution in [2.24, 2.45) is 0 Å². The van der Waals surface area contributed by atoms with Crippen LogP contribution in [-0.4, -0.2) is 21.0 Å². The van der Waals surface area contributed by atoms with Crippen molar-refractivity contribution in [1.29, 1.82) is 0 Å². The van der Waals surface area contributed by atoms with Crippen molar-refractivity contribution in [1.82, 2.24) is 9.97 Å². The molecule has 0 atom stereocenters. The van der Waals surface area contributed by atoms with Gasteiger partial charge in [0.1, 0.15) is 11.2 Å². The molecule has 70 valence electrons. The quantitative estimate of drug-likeness (QED) is 0.690. The van der Waals surface area contributed by atoms with Gasteiger partial charge >= 0.3 is 5.97 Å². The number of carboxylic acid groups (broad SMARTS) is 1. The number of nitrogens with zero attached hydrogens (tertiary/aromatic N) is 2. The molecule has 0 aliphatic rings. The fourth-order valence-electron chi connectivity index (χ4n) is 0.756. The molecule has 3 N–H and O–H groups in total. The van der Waals surface area contributed by atoms with Crippen LogP contribution >= 0.6 is 0 Å². The van der Waals surface area contributed by atoms with Gasteiger partial charge in [-0.3, -0.25) is 4.79 Å². The lowest BCUT2D eigenvalue weighted by Crippen LogP contribution is -2.30. The molecule has 13 heavy (non-hydrogen) atoms. The molecule has 0 saturated heterocycles. The molecule has 0 radical (unpaired) electrons. The Bertz CT molecular complexity index is 319. The number of nitrogens with two attached hydrogens (primary N) is 1. The maximum Gasteiger partial charge on any atom is 0.316 e. The zero-order chi connectivity index (χ0) is 10.1. The highest BCUT2D eigenvalue weighted by Crippen LogP contribution is 2.19. The van der Waals surface area contributed by atoms with Gasteiger partial charge in [-0.05, 0) is 13.8 Å². The molecular weight excluding hydrogens is 170 g/mol. The Morgan fingerprint density at radius 2 is 1.92 bits per heavy atom. The van der Waals surface area contributed by atoms with Gasteiger partial charge in [-0.25, -0.2) is 9.97 Å². The Hall–Kier alpha value is -1.65. The molecule has 0 aromatic carbocycles. The zero-order valence-corrected chi connectivity index (χ0v) is 7.48. The molecule has 0 fully saturated rings. The third-order valence-corrected chi connectivity index (χ3v) is 1.77. The molecule has 0 amide bonds. The molecule has 1 aromatic rings. The van der Waals surface area contributed by atoms with E-state index in [4.69, 9.17) is 10.8 Å². The largest absolute Gasteiger partial charge is 0.481 e. The molecule has 0 spiro atoms. The molecule has 1 aromatic heterocycles. The summed E-state index contributed by atoms with van der Waals surface area (Å²) in [4.78, 5) is 18.5. The first-order valence-electron chi connectivity index (χ1n) is 3.76. The van der Waals surface area contributed by atoms with Crippen LogP contribution in [-0.2, 0) is 10.2 Å². The number of hydrogen-bond acceptors (Lipinski definition) is 4. The zero-order valence-electron chi connectivity index (χ0n) is 7.48. The second-order valence-electron chi connectivity index (χ2n) is 3.27. The molecule has 0 saturated carbocycles. The van der Waals surface area contributed by atoms with E-state index in [-0.39, 0.29) is 5.82 Å². The summed E-state index contributed by atoms with van der Waals surface area (Å²) in [6, 6.07) is 0. The Labute approximate surface area is 75.6 Å². The highest BCUT2D eigenvalue weighted by Gasteiger charge is 2.32. The Morgan fingerprint density at radius 1 is 1.46 bits per heavy atom. The van der Waals surface area contributed by atoms with Crippen LogP contribution in [0, 0.1) is 0 Å². The second-order valence-corrected chi connectivity index (χ2v) is 3.27. The van der Waals surface area contributed by atoms with E-state index in [0.717, 1.165) is 0 Å². The van der Waals surface area contributed by atoms with Crippen LogP contribution in [0.25, 0.3) is 0 Å². The van der Waals surface area contributed by atoms with Crippen molar-refractivity contribution in [3.8, 4) is 0 Å². The molecule has 5 heteroatoms. The first kappa shape index (κ1) is 9.44. The van der Waals surface area contributed by atoms with Gasteiger partial charge in [0, 0.05) is 0 Å². The molecule has 5 nitrogen and oxygen atoms in total. The monoisotopic (exact) mass is 181 g/mol. The molecule has 0 aliphatic carbocycles. The van der Waals surface area contributed by atoms with Gasteiger partial charge in [-0.2, -0.15) is 0 Å². The second kappa shape index (κ2) is 3.01. The summed E-state index contributed by atoms with van der Waals surface area (Å²) in [7, 11) is 0. The van der Waals surface area contributed by atoms with Crippen LogP contribution in [0.1, 0.15) is 19.7 Å². The number of anilines is 1. The van der Waals surface area contributed by atoms with Gasteiger partial charge in [-0.1, -0.05) is 0 Å². The summed E-state index contributed by atoms with van der Waals surface area (Å²) in [6.45, 7) is 3.09. The van der Waals surface area contributed by atoms with E-state index < -0.39 is 11.4 Å². The molecule has 0 bridgehead atoms. The van der Waals surface area contributed by atoms with Gasteiger partial charge in [-0.15, -0.1) is 0 Å². The fraction of sp³-hybridized carbons (Fsp3) is 0.375. The van der Waals surface area contributed by atoms with E-state index in [1.165, 1.54) is 12.4 Å². The van der Waals surface area contributed by atoms with Crippen LogP contribution in [0.4, 0.5) is 5.69 Å². The standard InChI is InChI=1S/C8H11N3O2/c1-8(2,7(12)13)6-10-3-5(9)4-11-6/h3-4H,9H2,1-2H3,(H,12,13). The van der Waals surface area contributed by atoms with E-state index in [9.17, 15) is 4.79 Å². The van der Waals surface area contributed by atoms with E-state index in [1.807, 2.05) is 0 Å². The Kier molecular flexibility index (Phi) is 2.18. The maximum absolute atomic E-state index is 10.8. The van der Waals surface area contributed by atoms with Crippen LogP contribution in [0.2, 0.25) is 0 Å². The molecule has 0 aliphatic heterocycles. The summed E-state index contributed by atoms with van der Waals surface area (Å²) in [5.41, 5.74) is 4.72. The maximum atomic E-state index is 10.8. The molecule has 1 rings (SSSR count). The smallest absolute Gasteiger partial charge is 0.316 e. The van der Waals surface area contributed by atoms with Gasteiger partial charge < -0.3 is 10.8 Å². The van der Waals surface area contributed by atoms with Crippen LogP contribution in [0.15, 0.2) is 12.4 Å². The Balaban J connectivity index is 3.08. The SMILES string of the molecule is CC(C)(C(=O)O)c1ncc(N)cn1. The van der Waals surface area contributed by atoms with Crippen molar-refractivity contribution >= 4 is 11.7 Å². The van der Waals surface area contributed by atoms with Crippen LogP contribution < -0.4 is 5.73 Å². The first-order valence-corrected chi connectivity index (χ1v) is 3.76. The minimum Gasteiger partial charge on any atom is -0.481 e. The number of aliphatic carboxylic acids is 1. The predicted octanol–water partition coefficient (Wildman–Crippen LogP) is 0.421. The normalized spacial score (nSPS) is 11.2. The average Bonchev–Trinajstić information content (AvgIpc) is 2.04. The average molecular weight is 181 g/mol. The van der Waals surface area contributed by atoms with Crippen molar-refractivity contribution in [2.45, 2.75) is 19.3 Å². The highest BCUT2D eigenvalue weighted by atomic mass is 16.4. The lowest BCUT2D eigenvalue weighted by Gasteiger charge is -2.16. The highest BCUT2D eigenvalue weighted by molar-refractivity contribution is 5.78. The number of rotatable bonds is 2. The van der Waals surface area contributed by atoms with E-state index in [1.54, 1.807) is 13.8 Å². The first-order chi connectivity index (χ1) is 5.94. The fourth-order valence-corrected chi connectivity index (χ4v) is 0.756. The number of hydrogen-bond donors (Lipinski definition) is 2. The van der Waals surface area contributed by atoms with E-state index in [2.05, 4.69) is 9.97 Å². The number of nitrogen functional groups attached to an aromatic ring is 1. The number of carbonyl (C=O) groups is 1. The Morgan fingerprint density at radius 3 is 2.31 bits per heavy atom. The van der Waals surface area contributed by atoms with Crippen LogP contribution in [0.5, 0.6) is 0 Å². The van der Waals surface area contributed by atoms with Crippen molar-refractivity contribution in [3.63, 3.8) is 0 Å². The van der Waals surface area contributed by atoms with Gasteiger partial charge in [0.25, 0.3) is 0 Å². The molecular formula is C8H11N3O2. The van der Waals surface area contributed by atoms with E-state index in [0.29, 0.717) is 5.69 Å². The van der Waals surface area contributed by atoms with Crippen LogP contribution in [0.3, 0.4) is 0 Å². The third-order valence-electron chi connectivity index (χ3n) is 1.77. The number of aromatic nitrogens is 2. The molecule has 0 unspecified atom stereocenters. The summed E-state index contributed by atoms with van der Waals surface area (Å²) in [5, 5.41) is 8.85. The predicted molar refractivity (Wildman–Crippen MR) is 47.1 cm³/mol. The van der Waals surface area contributed by atoms with Gasteiger partial charge in [0.2, 0.25) is 0 Å². The molecule has 1 heterocycles. The van der Waals surface area contributed by atoms with Crippen molar-refractivity contribution in [3.05, 3.63) is 18.2 Å². The topological polar surface area (TPSA) is 89.1 Å². The minimum absolute atomic E-state index is 0.259.